The van der Waals surface area contributed by atoms with Crippen molar-refractivity contribution < 1.29 is 9.47 Å². The second-order valence-electron chi connectivity index (χ2n) is 11.1. The van der Waals surface area contributed by atoms with E-state index in [1.807, 2.05) is 30.6 Å². The highest BCUT2D eigenvalue weighted by atomic mass is 16.5. The molecule has 0 unspecified atom stereocenters. The van der Waals surface area contributed by atoms with Gasteiger partial charge in [-0.15, -0.1) is 0 Å². The number of likely N-dealkylation sites (N-methyl/N-ethyl adjacent to an activating group) is 1. The summed E-state index contributed by atoms with van der Waals surface area (Å²) < 4.78 is 11.9. The van der Waals surface area contributed by atoms with Crippen molar-refractivity contribution in [1.82, 2.24) is 29.7 Å². The topological polar surface area (TPSA) is 83.0 Å². The SMILES string of the molecule is COc1cc2c(N3CCN(c4ncc(Cc5ccccc5)cn4)CC3)ncnc2cc1OCCCN1CCN(C)CC1. The first-order valence-electron chi connectivity index (χ1n) is 14.9. The van der Waals surface area contributed by atoms with E-state index < -0.39 is 0 Å². The summed E-state index contributed by atoms with van der Waals surface area (Å²) in [5.41, 5.74) is 3.23. The highest BCUT2D eigenvalue weighted by Gasteiger charge is 2.23. The van der Waals surface area contributed by atoms with Crippen molar-refractivity contribution in [3.63, 3.8) is 0 Å². The van der Waals surface area contributed by atoms with Crippen molar-refractivity contribution in [2.24, 2.45) is 0 Å². The molecule has 42 heavy (non-hydrogen) atoms. The Hall–Kier alpha value is -4.02. The summed E-state index contributed by atoms with van der Waals surface area (Å²) in [5, 5.41) is 0.967. The third-order valence-corrected chi connectivity index (χ3v) is 8.18. The number of piperazine rings is 2. The third-order valence-electron chi connectivity index (χ3n) is 8.18. The molecule has 0 radical (unpaired) electrons. The lowest BCUT2D eigenvalue weighted by atomic mass is 10.1. The summed E-state index contributed by atoms with van der Waals surface area (Å²) in [5.74, 6) is 3.13. The van der Waals surface area contributed by atoms with Crippen LogP contribution in [0.4, 0.5) is 11.8 Å². The predicted octanol–water partition coefficient (Wildman–Crippen LogP) is 3.36. The molecule has 0 bridgehead atoms. The van der Waals surface area contributed by atoms with Gasteiger partial charge in [0.25, 0.3) is 0 Å². The molecule has 2 saturated heterocycles. The summed E-state index contributed by atoms with van der Waals surface area (Å²) in [4.78, 5) is 28.0. The molecule has 0 amide bonds. The molecule has 2 fully saturated rings. The molecule has 0 saturated carbocycles. The van der Waals surface area contributed by atoms with Crippen LogP contribution in [0, 0.1) is 0 Å². The van der Waals surface area contributed by atoms with E-state index in [2.05, 4.69) is 70.8 Å². The minimum atomic E-state index is 0.642. The summed E-state index contributed by atoms with van der Waals surface area (Å²) in [7, 11) is 3.87. The molecule has 6 rings (SSSR count). The van der Waals surface area contributed by atoms with Crippen LogP contribution in [0.2, 0.25) is 0 Å². The van der Waals surface area contributed by atoms with Crippen LogP contribution in [0.1, 0.15) is 17.5 Å². The molecule has 2 aromatic carbocycles. The van der Waals surface area contributed by atoms with Crippen LogP contribution in [-0.4, -0.2) is 109 Å². The maximum Gasteiger partial charge on any atom is 0.225 e. The lowest BCUT2D eigenvalue weighted by Crippen LogP contribution is -2.47. The first-order valence-corrected chi connectivity index (χ1v) is 14.9. The normalized spacial score (nSPS) is 16.6. The van der Waals surface area contributed by atoms with Crippen LogP contribution in [0.15, 0.2) is 61.2 Å². The summed E-state index contributed by atoms with van der Waals surface area (Å²) >= 11 is 0. The van der Waals surface area contributed by atoms with Gasteiger partial charge in [0.1, 0.15) is 12.1 Å². The van der Waals surface area contributed by atoms with Gasteiger partial charge in [-0.05, 0) is 30.7 Å². The van der Waals surface area contributed by atoms with E-state index in [0.717, 1.165) is 106 Å². The number of rotatable bonds is 10. The molecule has 4 aromatic rings. The number of nitrogens with zero attached hydrogens (tertiary/aromatic N) is 8. The van der Waals surface area contributed by atoms with Gasteiger partial charge in [0.2, 0.25) is 5.95 Å². The molecule has 2 aromatic heterocycles. The smallest absolute Gasteiger partial charge is 0.225 e. The number of benzene rings is 2. The number of hydrogen-bond acceptors (Lipinski definition) is 10. The van der Waals surface area contributed by atoms with Crippen molar-refractivity contribution in [1.29, 1.82) is 0 Å². The van der Waals surface area contributed by atoms with E-state index in [-0.39, 0.29) is 0 Å². The monoisotopic (exact) mass is 568 g/mol. The highest BCUT2D eigenvalue weighted by molar-refractivity contribution is 5.92. The van der Waals surface area contributed by atoms with Crippen molar-refractivity contribution in [2.45, 2.75) is 12.8 Å². The summed E-state index contributed by atoms with van der Waals surface area (Å²) in [6.45, 7) is 9.45. The number of fused-ring (bicyclic) bond motifs is 1. The van der Waals surface area contributed by atoms with Crippen molar-refractivity contribution >= 4 is 22.7 Å². The van der Waals surface area contributed by atoms with Crippen LogP contribution in [0.25, 0.3) is 10.9 Å². The average Bonchev–Trinajstić information content (AvgIpc) is 3.04. The molecule has 0 N–H and O–H groups in total. The van der Waals surface area contributed by atoms with Gasteiger partial charge >= 0.3 is 0 Å². The van der Waals surface area contributed by atoms with Crippen LogP contribution in [0.3, 0.4) is 0 Å². The van der Waals surface area contributed by atoms with E-state index in [1.54, 1.807) is 13.4 Å². The maximum absolute atomic E-state index is 6.18. The van der Waals surface area contributed by atoms with E-state index in [0.29, 0.717) is 12.4 Å². The maximum atomic E-state index is 6.18. The van der Waals surface area contributed by atoms with Crippen LogP contribution in [-0.2, 0) is 6.42 Å². The molecule has 2 aliphatic heterocycles. The van der Waals surface area contributed by atoms with Gasteiger partial charge in [-0.2, -0.15) is 0 Å². The van der Waals surface area contributed by atoms with E-state index in [4.69, 9.17) is 9.47 Å². The lowest BCUT2D eigenvalue weighted by molar-refractivity contribution is 0.145. The van der Waals surface area contributed by atoms with Gasteiger partial charge in [-0.25, -0.2) is 19.9 Å². The van der Waals surface area contributed by atoms with Crippen LogP contribution in [0.5, 0.6) is 11.5 Å². The van der Waals surface area contributed by atoms with Gasteiger partial charge in [0.15, 0.2) is 11.5 Å². The van der Waals surface area contributed by atoms with Crippen LogP contribution < -0.4 is 19.3 Å². The molecule has 4 heterocycles. The Morgan fingerprint density at radius 3 is 2.24 bits per heavy atom. The van der Waals surface area contributed by atoms with Gasteiger partial charge < -0.3 is 29.1 Å². The Morgan fingerprint density at radius 2 is 1.50 bits per heavy atom. The third kappa shape index (κ3) is 6.71. The number of aromatic nitrogens is 4. The Balaban J connectivity index is 1.06. The standard InChI is InChI=1S/C32H40N8O2/c1-37-10-12-38(13-11-37)9-6-18-42-30-21-28-27(20-29(30)41-2)31(36-24-35-28)39-14-16-40(17-15-39)32-33-22-26(23-34-32)19-25-7-4-3-5-8-25/h3-5,7-8,20-24H,6,9-19H2,1-2H3. The fourth-order valence-corrected chi connectivity index (χ4v) is 5.67. The highest BCUT2D eigenvalue weighted by Crippen LogP contribution is 2.35. The van der Waals surface area contributed by atoms with E-state index in [1.165, 1.54) is 5.56 Å². The largest absolute Gasteiger partial charge is 0.493 e. The number of methoxy groups -OCH3 is 1. The van der Waals surface area contributed by atoms with Gasteiger partial charge in [0.05, 0.1) is 19.2 Å². The van der Waals surface area contributed by atoms with E-state index >= 15 is 0 Å². The predicted molar refractivity (Wildman–Crippen MR) is 166 cm³/mol. The number of hydrogen-bond donors (Lipinski definition) is 0. The first kappa shape index (κ1) is 28.1. The fourth-order valence-electron chi connectivity index (χ4n) is 5.67. The van der Waals surface area contributed by atoms with Crippen molar-refractivity contribution in [3.05, 3.63) is 72.3 Å². The Morgan fingerprint density at radius 1 is 0.762 bits per heavy atom. The first-order chi connectivity index (χ1) is 20.7. The summed E-state index contributed by atoms with van der Waals surface area (Å²) in [6, 6.07) is 14.4. The number of ether oxygens (including phenoxy) is 2. The van der Waals surface area contributed by atoms with Crippen molar-refractivity contribution in [3.8, 4) is 11.5 Å². The van der Waals surface area contributed by atoms with Crippen LogP contribution >= 0.6 is 0 Å². The zero-order valence-electron chi connectivity index (χ0n) is 24.7. The average molecular weight is 569 g/mol. The minimum absolute atomic E-state index is 0.642. The Bertz CT molecular complexity index is 1440. The molecule has 10 nitrogen and oxygen atoms in total. The molecule has 0 spiro atoms. The molecular weight excluding hydrogens is 528 g/mol. The van der Waals surface area contributed by atoms with Crippen molar-refractivity contribution in [2.75, 3.05) is 89.5 Å². The second kappa shape index (κ2) is 13.3. The quantitative estimate of drug-likeness (QED) is 0.266. The fraction of sp³-hybridized carbons (Fsp3) is 0.438. The Kier molecular flexibility index (Phi) is 8.91. The number of anilines is 2. The Labute approximate surface area is 247 Å². The molecule has 220 valence electrons. The molecular formula is C32H40N8O2. The second-order valence-corrected chi connectivity index (χ2v) is 11.1. The van der Waals surface area contributed by atoms with E-state index in [9.17, 15) is 0 Å². The zero-order valence-corrected chi connectivity index (χ0v) is 24.7. The minimum Gasteiger partial charge on any atom is -0.493 e. The molecule has 0 aliphatic carbocycles. The van der Waals surface area contributed by atoms with Gasteiger partial charge in [0, 0.05) is 89.2 Å². The molecule has 0 atom stereocenters. The zero-order chi connectivity index (χ0) is 28.7. The molecule has 2 aliphatic rings. The summed E-state index contributed by atoms with van der Waals surface area (Å²) in [6.07, 6.45) is 7.34. The lowest BCUT2D eigenvalue weighted by Gasteiger charge is -2.35. The van der Waals surface area contributed by atoms with Gasteiger partial charge in [-0.3, -0.25) is 0 Å². The van der Waals surface area contributed by atoms with Gasteiger partial charge in [-0.1, -0.05) is 30.3 Å². The molecule has 10 heteroatoms.